The second-order valence-corrected chi connectivity index (χ2v) is 7.88. The number of carbonyl (C=O) groups excluding carboxylic acids is 1. The van der Waals surface area contributed by atoms with Crippen LogP contribution in [0.5, 0.6) is 0 Å². The predicted molar refractivity (Wildman–Crippen MR) is 122 cm³/mol. The highest BCUT2D eigenvalue weighted by atomic mass is 16.5. The van der Waals surface area contributed by atoms with Crippen molar-refractivity contribution in [2.75, 3.05) is 26.3 Å². The maximum absolute atomic E-state index is 12.7. The van der Waals surface area contributed by atoms with E-state index in [1.807, 2.05) is 34.0 Å². The Morgan fingerprint density at radius 3 is 2.60 bits per heavy atom. The van der Waals surface area contributed by atoms with Crippen LogP contribution in [-0.2, 0) is 16.1 Å². The number of fused-ring (bicyclic) bond motifs is 1. The van der Waals surface area contributed by atoms with Crippen molar-refractivity contribution >= 4 is 28.7 Å². The van der Waals surface area contributed by atoms with Gasteiger partial charge in [0.05, 0.1) is 18.9 Å². The molecular weight excluding hydrogens is 374 g/mol. The van der Waals surface area contributed by atoms with Crippen LogP contribution in [0.2, 0.25) is 0 Å². The Morgan fingerprint density at radius 2 is 1.87 bits per heavy atom. The first kappa shape index (κ1) is 20.4. The van der Waals surface area contributed by atoms with Crippen molar-refractivity contribution in [2.24, 2.45) is 4.99 Å². The molecule has 0 unspecified atom stereocenters. The van der Waals surface area contributed by atoms with Gasteiger partial charge < -0.3 is 14.2 Å². The largest absolute Gasteiger partial charge is 0.378 e. The van der Waals surface area contributed by atoms with E-state index < -0.39 is 0 Å². The van der Waals surface area contributed by atoms with E-state index in [0.717, 1.165) is 28.6 Å². The number of hydrogen-bond donors (Lipinski definition) is 0. The minimum absolute atomic E-state index is 0.128. The third-order valence-corrected chi connectivity index (χ3v) is 5.92. The molecule has 30 heavy (non-hydrogen) atoms. The number of ether oxygens (including phenoxy) is 1. The molecule has 0 saturated carbocycles. The number of morpholine rings is 1. The van der Waals surface area contributed by atoms with Gasteiger partial charge in [-0.25, -0.2) is 0 Å². The number of carbonyl (C=O) groups is 1. The SMILES string of the molecule is CC[C@@H](C)c1ccc(N=Cc2cn(CC(=O)N3CCOCC3)c3ccccc23)cc1. The third-order valence-electron chi connectivity index (χ3n) is 5.92. The molecular formula is C25H29N3O2. The molecule has 4 rings (SSSR count). The van der Waals surface area contributed by atoms with E-state index in [-0.39, 0.29) is 5.91 Å². The summed E-state index contributed by atoms with van der Waals surface area (Å²) in [5, 5.41) is 1.10. The van der Waals surface area contributed by atoms with Gasteiger partial charge in [-0.15, -0.1) is 0 Å². The minimum Gasteiger partial charge on any atom is -0.378 e. The van der Waals surface area contributed by atoms with Gasteiger partial charge in [0.2, 0.25) is 5.91 Å². The van der Waals surface area contributed by atoms with E-state index in [1.165, 1.54) is 5.56 Å². The molecule has 156 valence electrons. The highest BCUT2D eigenvalue weighted by molar-refractivity contribution is 6.00. The summed E-state index contributed by atoms with van der Waals surface area (Å²) in [6.07, 6.45) is 5.06. The van der Waals surface area contributed by atoms with Crippen LogP contribution in [0.25, 0.3) is 10.9 Å². The average Bonchev–Trinajstić information content (AvgIpc) is 3.15. The van der Waals surface area contributed by atoms with Gasteiger partial charge in [0.1, 0.15) is 6.54 Å². The fraction of sp³-hybridized carbons (Fsp3) is 0.360. The lowest BCUT2D eigenvalue weighted by Gasteiger charge is -2.27. The van der Waals surface area contributed by atoms with Gasteiger partial charge in [0.25, 0.3) is 0 Å². The van der Waals surface area contributed by atoms with Gasteiger partial charge in [-0.05, 0) is 36.1 Å². The number of rotatable bonds is 6. The summed E-state index contributed by atoms with van der Waals surface area (Å²) in [5.41, 5.74) is 4.34. The van der Waals surface area contributed by atoms with E-state index >= 15 is 0 Å². The molecule has 1 aliphatic rings. The van der Waals surface area contributed by atoms with Crippen molar-refractivity contribution in [1.82, 2.24) is 9.47 Å². The minimum atomic E-state index is 0.128. The number of aromatic nitrogens is 1. The molecule has 1 aromatic heterocycles. The van der Waals surface area contributed by atoms with Crippen LogP contribution in [0.4, 0.5) is 5.69 Å². The molecule has 0 radical (unpaired) electrons. The van der Waals surface area contributed by atoms with Crippen molar-refractivity contribution < 1.29 is 9.53 Å². The van der Waals surface area contributed by atoms with Gasteiger partial charge in [0, 0.05) is 42.0 Å². The first-order valence-corrected chi connectivity index (χ1v) is 10.7. The first-order valence-electron chi connectivity index (χ1n) is 10.7. The smallest absolute Gasteiger partial charge is 0.242 e. The van der Waals surface area contributed by atoms with Crippen molar-refractivity contribution in [3.05, 3.63) is 65.9 Å². The molecule has 2 aromatic carbocycles. The summed E-state index contributed by atoms with van der Waals surface area (Å²) in [5.74, 6) is 0.688. The highest BCUT2D eigenvalue weighted by Crippen LogP contribution is 2.24. The van der Waals surface area contributed by atoms with E-state index in [0.29, 0.717) is 38.8 Å². The molecule has 1 saturated heterocycles. The predicted octanol–water partition coefficient (Wildman–Crippen LogP) is 4.76. The number of hydrogen-bond acceptors (Lipinski definition) is 3. The van der Waals surface area contributed by atoms with Gasteiger partial charge in [0.15, 0.2) is 0 Å². The number of para-hydroxylation sites is 1. The van der Waals surface area contributed by atoms with E-state index in [9.17, 15) is 4.79 Å². The summed E-state index contributed by atoms with van der Waals surface area (Å²) >= 11 is 0. The standard InChI is InChI=1S/C25H29N3O2/c1-3-19(2)20-8-10-22(11-9-20)26-16-21-17-28(24-7-5-4-6-23(21)24)18-25(29)27-12-14-30-15-13-27/h4-11,16-17,19H,3,12-15,18H2,1-2H3/t19-/m1/s1. The molecule has 1 fully saturated rings. The van der Waals surface area contributed by atoms with Crippen LogP contribution >= 0.6 is 0 Å². The zero-order valence-electron chi connectivity index (χ0n) is 17.8. The second-order valence-electron chi connectivity index (χ2n) is 7.88. The van der Waals surface area contributed by atoms with Crippen LogP contribution in [0.3, 0.4) is 0 Å². The topological polar surface area (TPSA) is 46.8 Å². The molecule has 2 heterocycles. The Balaban J connectivity index is 1.55. The average molecular weight is 404 g/mol. The van der Waals surface area contributed by atoms with Crippen LogP contribution in [-0.4, -0.2) is 47.9 Å². The number of benzene rings is 2. The van der Waals surface area contributed by atoms with Gasteiger partial charge >= 0.3 is 0 Å². The monoisotopic (exact) mass is 403 g/mol. The van der Waals surface area contributed by atoms with Gasteiger partial charge in [-0.2, -0.15) is 0 Å². The lowest BCUT2D eigenvalue weighted by Crippen LogP contribution is -2.42. The summed E-state index contributed by atoms with van der Waals surface area (Å²) < 4.78 is 7.39. The molecule has 5 nitrogen and oxygen atoms in total. The van der Waals surface area contributed by atoms with E-state index in [4.69, 9.17) is 4.74 Å². The quantitative estimate of drug-likeness (QED) is 0.557. The number of aliphatic imine (C=N–C) groups is 1. The maximum atomic E-state index is 12.7. The molecule has 1 amide bonds. The zero-order valence-corrected chi connectivity index (χ0v) is 17.8. The van der Waals surface area contributed by atoms with Crippen LogP contribution in [0, 0.1) is 0 Å². The molecule has 1 atom stereocenters. The molecule has 0 spiro atoms. The Labute approximate surface area is 178 Å². The number of amides is 1. The summed E-state index contributed by atoms with van der Waals surface area (Å²) in [7, 11) is 0. The molecule has 0 bridgehead atoms. The zero-order chi connectivity index (χ0) is 20.9. The van der Waals surface area contributed by atoms with Crippen molar-refractivity contribution in [3.8, 4) is 0 Å². The molecule has 3 aromatic rings. The van der Waals surface area contributed by atoms with Crippen LogP contribution in [0.15, 0.2) is 59.7 Å². The Morgan fingerprint density at radius 1 is 1.13 bits per heavy atom. The third kappa shape index (κ3) is 4.46. The number of nitrogens with zero attached hydrogens (tertiary/aromatic N) is 3. The van der Waals surface area contributed by atoms with E-state index in [1.54, 1.807) is 0 Å². The Hall–Kier alpha value is -2.92. The second kappa shape index (κ2) is 9.26. The molecule has 0 aliphatic carbocycles. The highest BCUT2D eigenvalue weighted by Gasteiger charge is 2.18. The lowest BCUT2D eigenvalue weighted by atomic mass is 9.99. The normalized spacial score (nSPS) is 15.7. The molecule has 5 heteroatoms. The van der Waals surface area contributed by atoms with Crippen molar-refractivity contribution in [3.63, 3.8) is 0 Å². The van der Waals surface area contributed by atoms with Crippen LogP contribution in [0.1, 0.15) is 37.3 Å². The maximum Gasteiger partial charge on any atom is 0.242 e. The fourth-order valence-corrected chi connectivity index (χ4v) is 3.84. The summed E-state index contributed by atoms with van der Waals surface area (Å²) in [6.45, 7) is 7.34. The first-order chi connectivity index (χ1) is 14.7. The van der Waals surface area contributed by atoms with Gasteiger partial charge in [-0.3, -0.25) is 9.79 Å². The van der Waals surface area contributed by atoms with Gasteiger partial charge in [-0.1, -0.05) is 44.2 Å². The Kier molecular flexibility index (Phi) is 6.29. The summed E-state index contributed by atoms with van der Waals surface area (Å²) in [6, 6.07) is 16.6. The lowest BCUT2D eigenvalue weighted by molar-refractivity contribution is -0.135. The van der Waals surface area contributed by atoms with Crippen molar-refractivity contribution in [2.45, 2.75) is 32.7 Å². The van der Waals surface area contributed by atoms with E-state index in [2.05, 4.69) is 55.2 Å². The summed E-state index contributed by atoms with van der Waals surface area (Å²) in [4.78, 5) is 19.3. The molecule has 1 aliphatic heterocycles. The fourth-order valence-electron chi connectivity index (χ4n) is 3.84. The molecule has 0 N–H and O–H groups in total. The van der Waals surface area contributed by atoms with Crippen LogP contribution < -0.4 is 0 Å². The van der Waals surface area contributed by atoms with Crippen molar-refractivity contribution in [1.29, 1.82) is 0 Å². The Bertz CT molecular complexity index is 1030.